The Bertz CT molecular complexity index is 53.0. The molecule has 0 aliphatic heterocycles. The summed E-state index contributed by atoms with van der Waals surface area (Å²) >= 11 is 0. The maximum absolute atomic E-state index is 8.10. The minimum absolute atomic E-state index is 0. The zero-order valence-corrected chi connectivity index (χ0v) is 6.66. The molecular formula is C3H10INO3. The molecule has 8 heavy (non-hydrogen) atoms. The number of hydrogen-bond donors (Lipinski definition) is 4. The van der Waals surface area contributed by atoms with Crippen molar-refractivity contribution in [3.8, 4) is 0 Å². The first-order valence-corrected chi connectivity index (χ1v) is 2.01. The number of nitrogens with two attached hydrogens (primary N) is 1. The predicted octanol–water partition coefficient (Wildman–Crippen LogP) is -6.19. The van der Waals surface area contributed by atoms with Gasteiger partial charge in [-0.2, -0.15) is 0 Å². The van der Waals surface area contributed by atoms with Crippen molar-refractivity contribution in [2.75, 3.05) is 13.6 Å². The van der Waals surface area contributed by atoms with Crippen molar-refractivity contribution in [2.24, 2.45) is 0 Å². The summed E-state index contributed by atoms with van der Waals surface area (Å²) in [5, 5.41) is 25.8. The second kappa shape index (κ2) is 4.45. The third kappa shape index (κ3) is 9.76. The first-order chi connectivity index (χ1) is 3.06. The van der Waals surface area contributed by atoms with Gasteiger partial charge < -0.3 is 44.6 Å². The fourth-order valence-corrected chi connectivity index (χ4v) is 0.274. The van der Waals surface area contributed by atoms with Gasteiger partial charge in [-0.1, -0.05) is 0 Å². The van der Waals surface area contributed by atoms with Crippen molar-refractivity contribution in [1.82, 2.24) is 0 Å². The molecule has 4 nitrogen and oxygen atoms in total. The molecule has 0 bridgehead atoms. The van der Waals surface area contributed by atoms with Gasteiger partial charge in [0.05, 0.1) is 7.05 Å². The van der Waals surface area contributed by atoms with Crippen LogP contribution in [0.25, 0.3) is 0 Å². The Morgan fingerprint density at radius 2 is 1.75 bits per heavy atom. The van der Waals surface area contributed by atoms with E-state index in [0.717, 1.165) is 0 Å². The van der Waals surface area contributed by atoms with Crippen LogP contribution in [-0.2, 0) is 0 Å². The first kappa shape index (κ1) is 11.4. The quantitative estimate of drug-likeness (QED) is 0.284. The molecule has 0 amide bonds. The van der Waals surface area contributed by atoms with Gasteiger partial charge in [0.1, 0.15) is 0 Å². The molecule has 0 unspecified atom stereocenters. The van der Waals surface area contributed by atoms with Crippen LogP contribution in [-0.4, -0.2) is 34.9 Å². The molecule has 0 heterocycles. The highest BCUT2D eigenvalue weighted by atomic mass is 127. The van der Waals surface area contributed by atoms with Crippen molar-refractivity contribution < 1.29 is 44.6 Å². The fraction of sp³-hybridized carbons (Fsp3) is 1.00. The van der Waals surface area contributed by atoms with Gasteiger partial charge in [-0.3, -0.25) is 0 Å². The van der Waals surface area contributed by atoms with E-state index in [1.54, 1.807) is 7.05 Å². The van der Waals surface area contributed by atoms with E-state index < -0.39 is 5.97 Å². The lowest BCUT2D eigenvalue weighted by atomic mass is 10.6. The Hall–Kier alpha value is 0.570. The summed E-state index contributed by atoms with van der Waals surface area (Å²) < 4.78 is 0. The highest BCUT2D eigenvalue weighted by Crippen LogP contribution is 1.81. The van der Waals surface area contributed by atoms with E-state index in [2.05, 4.69) is 0 Å². The second-order valence-electron chi connectivity index (χ2n) is 1.39. The van der Waals surface area contributed by atoms with Gasteiger partial charge in [-0.25, -0.2) is 0 Å². The Morgan fingerprint density at radius 3 is 1.75 bits per heavy atom. The van der Waals surface area contributed by atoms with E-state index in [1.807, 2.05) is 0 Å². The predicted molar refractivity (Wildman–Crippen MR) is 22.1 cm³/mol. The summed E-state index contributed by atoms with van der Waals surface area (Å²) in [6.45, 7) is -0.118. The molecule has 0 aromatic rings. The molecule has 0 aliphatic rings. The third-order valence-electron chi connectivity index (χ3n) is 0.478. The van der Waals surface area contributed by atoms with Crippen LogP contribution in [0.4, 0.5) is 0 Å². The Morgan fingerprint density at radius 1 is 1.38 bits per heavy atom. The van der Waals surface area contributed by atoms with E-state index in [1.165, 1.54) is 5.32 Å². The molecule has 52 valence electrons. The summed E-state index contributed by atoms with van der Waals surface area (Å²) in [5.41, 5.74) is 0. The molecule has 0 radical (unpaired) electrons. The van der Waals surface area contributed by atoms with Gasteiger partial charge in [0.25, 0.3) is 0 Å². The van der Waals surface area contributed by atoms with Crippen molar-refractivity contribution in [3.05, 3.63) is 0 Å². The molecule has 5 N–H and O–H groups in total. The van der Waals surface area contributed by atoms with Crippen LogP contribution in [0.2, 0.25) is 0 Å². The van der Waals surface area contributed by atoms with Gasteiger partial charge in [0, 0.05) is 0 Å². The molecular weight excluding hydrogens is 225 g/mol. The molecule has 0 spiro atoms. The van der Waals surface area contributed by atoms with Crippen LogP contribution in [0.15, 0.2) is 0 Å². The van der Waals surface area contributed by atoms with Crippen LogP contribution >= 0.6 is 0 Å². The lowest BCUT2D eigenvalue weighted by Gasteiger charge is -2.08. The van der Waals surface area contributed by atoms with Gasteiger partial charge in [0.2, 0.25) is 0 Å². The smallest absolute Gasteiger partial charge is 0.327 e. The van der Waals surface area contributed by atoms with Crippen LogP contribution in [0, 0.1) is 0 Å². The maximum Gasteiger partial charge on any atom is 0.327 e. The molecule has 0 saturated heterocycles. The van der Waals surface area contributed by atoms with Gasteiger partial charge in [-0.15, -0.1) is 0 Å². The van der Waals surface area contributed by atoms with Gasteiger partial charge >= 0.3 is 5.97 Å². The van der Waals surface area contributed by atoms with Crippen LogP contribution in [0.5, 0.6) is 0 Å². The van der Waals surface area contributed by atoms with E-state index in [4.69, 9.17) is 15.3 Å². The van der Waals surface area contributed by atoms with Crippen molar-refractivity contribution in [3.63, 3.8) is 0 Å². The number of likely N-dealkylation sites (N-methyl/N-ethyl adjacent to an activating group) is 1. The van der Waals surface area contributed by atoms with E-state index >= 15 is 0 Å². The van der Waals surface area contributed by atoms with Gasteiger partial charge in [0.15, 0.2) is 6.54 Å². The lowest BCUT2D eigenvalue weighted by molar-refractivity contribution is -0.664. The van der Waals surface area contributed by atoms with E-state index in [-0.39, 0.29) is 30.5 Å². The number of halogens is 1. The molecule has 0 fully saturated rings. The molecule has 0 aliphatic carbocycles. The Labute approximate surface area is 64.5 Å². The number of aliphatic hydroxyl groups is 3. The molecule has 0 rings (SSSR count). The number of rotatable bonds is 2. The van der Waals surface area contributed by atoms with E-state index in [0.29, 0.717) is 0 Å². The number of quaternary nitrogens is 1. The SMILES string of the molecule is C[NH2+]CC(O)(O)O.[I-]. The fourth-order valence-electron chi connectivity index (χ4n) is 0.274. The summed E-state index contributed by atoms with van der Waals surface area (Å²) in [6, 6.07) is 0. The zero-order valence-electron chi connectivity index (χ0n) is 4.50. The Balaban J connectivity index is 0. The average molecular weight is 235 g/mol. The van der Waals surface area contributed by atoms with Crippen LogP contribution < -0.4 is 29.3 Å². The minimum atomic E-state index is -2.51. The Kier molecular flexibility index (Phi) is 6.33. The average Bonchev–Trinajstić information content (AvgIpc) is 1.30. The number of hydrogen-bond acceptors (Lipinski definition) is 3. The van der Waals surface area contributed by atoms with Crippen LogP contribution in [0.1, 0.15) is 0 Å². The summed E-state index contributed by atoms with van der Waals surface area (Å²) in [7, 11) is 1.62. The zero-order chi connectivity index (χ0) is 5.91. The monoisotopic (exact) mass is 235 g/mol. The van der Waals surface area contributed by atoms with Crippen molar-refractivity contribution in [2.45, 2.75) is 5.97 Å². The minimum Gasteiger partial charge on any atom is -1.00 e. The highest BCUT2D eigenvalue weighted by Gasteiger charge is 2.18. The van der Waals surface area contributed by atoms with Crippen molar-refractivity contribution in [1.29, 1.82) is 0 Å². The largest absolute Gasteiger partial charge is 1.00 e. The van der Waals surface area contributed by atoms with E-state index in [9.17, 15) is 0 Å². The molecule has 0 aromatic carbocycles. The molecule has 5 heteroatoms. The summed E-state index contributed by atoms with van der Waals surface area (Å²) in [6.07, 6.45) is 0. The van der Waals surface area contributed by atoms with Crippen molar-refractivity contribution >= 4 is 0 Å². The second-order valence-corrected chi connectivity index (χ2v) is 1.39. The normalized spacial score (nSPS) is 10.5. The maximum atomic E-state index is 8.10. The standard InChI is InChI=1S/C3H9NO3.HI/c1-4-2-3(5,6)7;/h4-7H,2H2,1H3;1H. The highest BCUT2D eigenvalue weighted by molar-refractivity contribution is 4.34. The first-order valence-electron chi connectivity index (χ1n) is 2.01. The molecule has 0 saturated carbocycles. The topological polar surface area (TPSA) is 77.3 Å². The van der Waals surface area contributed by atoms with Crippen LogP contribution in [0.3, 0.4) is 0 Å². The third-order valence-corrected chi connectivity index (χ3v) is 0.478. The summed E-state index contributed by atoms with van der Waals surface area (Å²) in [4.78, 5) is 0. The molecule has 0 atom stereocenters. The summed E-state index contributed by atoms with van der Waals surface area (Å²) in [5.74, 6) is -2.51. The lowest BCUT2D eigenvalue weighted by Crippen LogP contribution is -3.00. The molecule has 0 aromatic heterocycles. The van der Waals surface area contributed by atoms with Gasteiger partial charge in [-0.05, 0) is 0 Å².